The molecule has 0 atom stereocenters. The van der Waals surface area contributed by atoms with E-state index < -0.39 is 0 Å². The van der Waals surface area contributed by atoms with Crippen LogP contribution >= 0.6 is 0 Å². The minimum Gasteiger partial charge on any atom is -0.0845 e. The minimum absolute atomic E-state index is 0.861. The Kier molecular flexibility index (Phi) is 0.778. The highest BCUT2D eigenvalue weighted by atomic mass is 14.7. The number of rotatable bonds is 0. The Morgan fingerprint density at radius 2 is 1.08 bits per heavy atom. The fraction of sp³-hybridized carbons (Fsp3) is 0.500. The summed E-state index contributed by atoms with van der Waals surface area (Å²) < 4.78 is 0. The molecule has 0 saturated heterocycles. The highest BCUT2D eigenvalue weighted by molar-refractivity contribution is 5.35. The van der Waals surface area contributed by atoms with Gasteiger partial charge in [0.15, 0.2) is 0 Å². The zero-order valence-electron chi connectivity index (χ0n) is 6.93. The molecule has 0 heteroatoms. The highest BCUT2D eigenvalue weighted by Gasteiger charge is 2.66. The second-order valence-corrected chi connectivity index (χ2v) is 4.62. The fourth-order valence-corrected chi connectivity index (χ4v) is 3.85. The van der Waals surface area contributed by atoms with E-state index in [1.54, 1.807) is 0 Å². The van der Waals surface area contributed by atoms with Crippen molar-refractivity contribution in [3.05, 3.63) is 36.5 Å². The van der Waals surface area contributed by atoms with Crippen LogP contribution in [0.5, 0.6) is 0 Å². The van der Waals surface area contributed by atoms with Gasteiger partial charge in [-0.2, -0.15) is 0 Å². The van der Waals surface area contributed by atoms with E-state index in [0.29, 0.717) is 0 Å². The van der Waals surface area contributed by atoms with Crippen LogP contribution < -0.4 is 0 Å². The first-order chi connectivity index (χ1) is 5.97. The molecule has 0 unspecified atom stereocenters. The molecule has 0 aromatic carbocycles. The van der Waals surface area contributed by atoms with Crippen LogP contribution in [0.15, 0.2) is 36.5 Å². The van der Waals surface area contributed by atoms with E-state index in [0.717, 1.165) is 35.5 Å². The molecule has 0 aromatic rings. The van der Waals surface area contributed by atoms with Crippen molar-refractivity contribution in [2.24, 2.45) is 35.5 Å². The van der Waals surface area contributed by atoms with Crippen LogP contribution in [-0.2, 0) is 0 Å². The van der Waals surface area contributed by atoms with Crippen molar-refractivity contribution in [1.82, 2.24) is 0 Å². The maximum Gasteiger partial charge on any atom is -0.00984 e. The van der Waals surface area contributed by atoms with Crippen LogP contribution in [0, 0.1) is 35.5 Å². The molecule has 60 valence electrons. The molecule has 0 N–H and O–H groups in total. The van der Waals surface area contributed by atoms with Gasteiger partial charge >= 0.3 is 0 Å². The van der Waals surface area contributed by atoms with Crippen LogP contribution in [-0.4, -0.2) is 0 Å². The predicted octanol–water partition coefficient (Wildman–Crippen LogP) is 2.41. The summed E-state index contributed by atoms with van der Waals surface area (Å²) in [5, 5.41) is 0. The molecule has 0 spiro atoms. The van der Waals surface area contributed by atoms with Gasteiger partial charge in [-0.15, -0.1) is 0 Å². The molecule has 0 nitrogen and oxygen atoms in total. The van der Waals surface area contributed by atoms with Crippen LogP contribution in [0.25, 0.3) is 0 Å². The van der Waals surface area contributed by atoms with E-state index in [1.165, 1.54) is 0 Å². The van der Waals surface area contributed by atoms with Gasteiger partial charge < -0.3 is 0 Å². The number of hydrogen-bond donors (Lipinski definition) is 0. The van der Waals surface area contributed by atoms with Crippen molar-refractivity contribution >= 4 is 0 Å². The van der Waals surface area contributed by atoms with Gasteiger partial charge in [0.05, 0.1) is 0 Å². The molecule has 2 saturated carbocycles. The Balaban J connectivity index is 1.85. The number of fused-ring (bicyclic) bond motifs is 4. The molecule has 4 rings (SSSR count). The first kappa shape index (κ1) is 5.80. The normalized spacial score (nSPS) is 62.0. The minimum atomic E-state index is 0.861. The Morgan fingerprint density at radius 3 is 1.92 bits per heavy atom. The first-order valence-corrected chi connectivity index (χ1v) is 5.00. The summed E-state index contributed by atoms with van der Waals surface area (Å²) in [6.45, 7) is 0. The van der Waals surface area contributed by atoms with Crippen molar-refractivity contribution in [3.8, 4) is 0 Å². The van der Waals surface area contributed by atoms with Gasteiger partial charge in [0.2, 0.25) is 0 Å². The highest BCUT2D eigenvalue weighted by Crippen LogP contribution is 2.70. The van der Waals surface area contributed by atoms with Crippen molar-refractivity contribution in [2.45, 2.75) is 0 Å². The van der Waals surface area contributed by atoms with Gasteiger partial charge in [0, 0.05) is 0 Å². The van der Waals surface area contributed by atoms with Crippen LogP contribution in [0.3, 0.4) is 0 Å². The molecule has 0 aliphatic heterocycles. The lowest BCUT2D eigenvalue weighted by Crippen LogP contribution is -2.15. The third kappa shape index (κ3) is 0.450. The van der Waals surface area contributed by atoms with E-state index in [2.05, 4.69) is 36.5 Å². The van der Waals surface area contributed by atoms with Crippen molar-refractivity contribution in [3.63, 3.8) is 0 Å². The number of allylic oxidation sites excluding steroid dienone is 6. The summed E-state index contributed by atoms with van der Waals surface area (Å²) in [6.07, 6.45) is 14.3. The lowest BCUT2D eigenvalue weighted by molar-refractivity contribution is 0.405. The average Bonchev–Trinajstić information content (AvgIpc) is 2.57. The SMILES string of the molecule is C1=CC2C(C=C1)C1C3C=CC2C31. The zero-order valence-corrected chi connectivity index (χ0v) is 6.93. The standard InChI is InChI=1S/C12H12/c1-2-4-8-7(3-1)9-5-6-10-11(8)12(9)10/h1-12H. The van der Waals surface area contributed by atoms with Crippen LogP contribution in [0.2, 0.25) is 0 Å². The predicted molar refractivity (Wildman–Crippen MR) is 48.4 cm³/mol. The molecule has 0 heterocycles. The maximum atomic E-state index is 2.47. The molecule has 0 bridgehead atoms. The monoisotopic (exact) mass is 156 g/mol. The van der Waals surface area contributed by atoms with Crippen molar-refractivity contribution in [2.75, 3.05) is 0 Å². The third-order valence-corrected chi connectivity index (χ3v) is 4.30. The summed E-state index contributed by atoms with van der Waals surface area (Å²) in [4.78, 5) is 0. The molecule has 0 radical (unpaired) electrons. The Morgan fingerprint density at radius 1 is 0.500 bits per heavy atom. The fourth-order valence-electron chi connectivity index (χ4n) is 3.85. The molecule has 2 fully saturated rings. The lowest BCUT2D eigenvalue weighted by atomic mass is 9.82. The molecule has 4 aliphatic carbocycles. The first-order valence-electron chi connectivity index (χ1n) is 5.00. The quantitative estimate of drug-likeness (QED) is 0.472. The van der Waals surface area contributed by atoms with Gasteiger partial charge in [-0.1, -0.05) is 36.5 Å². The maximum absolute atomic E-state index is 2.47. The van der Waals surface area contributed by atoms with Crippen LogP contribution in [0.1, 0.15) is 0 Å². The molecular weight excluding hydrogens is 144 g/mol. The van der Waals surface area contributed by atoms with Crippen molar-refractivity contribution < 1.29 is 0 Å². The summed E-state index contributed by atoms with van der Waals surface area (Å²) in [5.74, 6) is 5.72. The van der Waals surface area contributed by atoms with Crippen molar-refractivity contribution in [1.29, 1.82) is 0 Å². The molecule has 12 heavy (non-hydrogen) atoms. The van der Waals surface area contributed by atoms with E-state index in [9.17, 15) is 0 Å². The molecule has 4 aliphatic rings. The van der Waals surface area contributed by atoms with E-state index in [1.807, 2.05) is 0 Å². The third-order valence-electron chi connectivity index (χ3n) is 4.30. The molecular formula is C12H12. The molecule has 0 aromatic heterocycles. The van der Waals surface area contributed by atoms with Gasteiger partial charge in [-0.05, 0) is 35.5 Å². The Bertz CT molecular complexity index is 321. The van der Waals surface area contributed by atoms with E-state index >= 15 is 0 Å². The summed E-state index contributed by atoms with van der Waals surface area (Å²) in [7, 11) is 0. The second kappa shape index (κ2) is 1.61. The molecule has 0 amide bonds. The summed E-state index contributed by atoms with van der Waals surface area (Å²) in [5.41, 5.74) is 0. The second-order valence-electron chi connectivity index (χ2n) is 4.62. The Labute approximate surface area is 72.7 Å². The topological polar surface area (TPSA) is 0 Å². The summed E-state index contributed by atoms with van der Waals surface area (Å²) in [6, 6.07) is 0. The largest absolute Gasteiger partial charge is 0.0845 e. The van der Waals surface area contributed by atoms with Gasteiger partial charge in [-0.3, -0.25) is 0 Å². The lowest BCUT2D eigenvalue weighted by Gasteiger charge is -2.22. The zero-order chi connectivity index (χ0) is 7.71. The smallest absolute Gasteiger partial charge is 0.00984 e. The van der Waals surface area contributed by atoms with E-state index in [-0.39, 0.29) is 0 Å². The Hall–Kier alpha value is -0.780. The van der Waals surface area contributed by atoms with Crippen LogP contribution in [0.4, 0.5) is 0 Å². The number of hydrogen-bond acceptors (Lipinski definition) is 0. The average molecular weight is 156 g/mol. The van der Waals surface area contributed by atoms with Gasteiger partial charge in [0.1, 0.15) is 0 Å². The van der Waals surface area contributed by atoms with Gasteiger partial charge in [0.25, 0.3) is 0 Å². The van der Waals surface area contributed by atoms with E-state index in [4.69, 9.17) is 0 Å². The summed E-state index contributed by atoms with van der Waals surface area (Å²) >= 11 is 0. The van der Waals surface area contributed by atoms with Gasteiger partial charge in [-0.25, -0.2) is 0 Å².